The van der Waals surface area contributed by atoms with Gasteiger partial charge in [0.1, 0.15) is 0 Å². The molecule has 172 valence electrons. The SMILES string of the molecule is CCCCCCCCCCCCCCCCCCc1cc[n+](Cc2ccccc2)cc1. The van der Waals surface area contributed by atoms with Gasteiger partial charge in [-0.15, -0.1) is 0 Å². The molecular weight excluding hydrogens is 374 g/mol. The number of rotatable bonds is 19. The lowest BCUT2D eigenvalue weighted by atomic mass is 10.0. The first-order chi connectivity index (χ1) is 15.4. The summed E-state index contributed by atoms with van der Waals surface area (Å²) >= 11 is 0. The van der Waals surface area contributed by atoms with Gasteiger partial charge in [0, 0.05) is 17.7 Å². The molecule has 0 saturated heterocycles. The van der Waals surface area contributed by atoms with Crippen LogP contribution in [0.3, 0.4) is 0 Å². The van der Waals surface area contributed by atoms with Crippen LogP contribution in [0.1, 0.15) is 121 Å². The average molecular weight is 423 g/mol. The fraction of sp³-hybridized carbons (Fsp3) is 0.633. The van der Waals surface area contributed by atoms with E-state index >= 15 is 0 Å². The van der Waals surface area contributed by atoms with Crippen LogP contribution in [-0.4, -0.2) is 0 Å². The van der Waals surface area contributed by atoms with E-state index in [0.717, 1.165) is 6.54 Å². The molecule has 0 fully saturated rings. The Kier molecular flexibility index (Phi) is 14.9. The Morgan fingerprint density at radius 2 is 0.935 bits per heavy atom. The predicted molar refractivity (Wildman–Crippen MR) is 135 cm³/mol. The summed E-state index contributed by atoms with van der Waals surface area (Å²) in [6, 6.07) is 15.3. The van der Waals surface area contributed by atoms with Gasteiger partial charge in [0.2, 0.25) is 0 Å². The molecule has 0 aliphatic rings. The molecule has 2 rings (SSSR count). The molecule has 0 aliphatic carbocycles. The van der Waals surface area contributed by atoms with E-state index in [-0.39, 0.29) is 0 Å². The summed E-state index contributed by atoms with van der Waals surface area (Å²) in [6.07, 6.45) is 28.7. The molecule has 31 heavy (non-hydrogen) atoms. The zero-order valence-corrected chi connectivity index (χ0v) is 20.4. The van der Waals surface area contributed by atoms with Gasteiger partial charge in [-0.1, -0.05) is 134 Å². The summed E-state index contributed by atoms with van der Waals surface area (Å²) in [6.45, 7) is 3.26. The minimum atomic E-state index is 0.958. The number of hydrogen-bond donors (Lipinski definition) is 0. The fourth-order valence-electron chi connectivity index (χ4n) is 4.43. The van der Waals surface area contributed by atoms with Crippen molar-refractivity contribution < 1.29 is 4.57 Å². The van der Waals surface area contributed by atoms with Gasteiger partial charge in [-0.25, -0.2) is 4.57 Å². The molecule has 0 aliphatic heterocycles. The summed E-state index contributed by atoms with van der Waals surface area (Å²) in [4.78, 5) is 0. The summed E-state index contributed by atoms with van der Waals surface area (Å²) in [7, 11) is 0. The van der Waals surface area contributed by atoms with Crippen molar-refractivity contribution >= 4 is 0 Å². The Hall–Kier alpha value is -1.63. The second-order valence-corrected chi connectivity index (χ2v) is 9.42. The Morgan fingerprint density at radius 3 is 1.42 bits per heavy atom. The van der Waals surface area contributed by atoms with Crippen LogP contribution in [0.25, 0.3) is 0 Å². The first-order valence-electron chi connectivity index (χ1n) is 13.4. The summed E-state index contributed by atoms with van der Waals surface area (Å²) < 4.78 is 2.27. The van der Waals surface area contributed by atoms with Gasteiger partial charge in [0.25, 0.3) is 0 Å². The molecule has 0 unspecified atom stereocenters. The third kappa shape index (κ3) is 13.4. The molecule has 1 aromatic heterocycles. The highest BCUT2D eigenvalue weighted by atomic mass is 14.9. The van der Waals surface area contributed by atoms with Crippen molar-refractivity contribution in [2.45, 2.75) is 123 Å². The second kappa shape index (κ2) is 18.0. The minimum Gasteiger partial charge on any atom is -0.201 e. The number of aryl methyl sites for hydroxylation is 1. The molecular formula is C30H48N+. The zero-order chi connectivity index (χ0) is 21.8. The second-order valence-electron chi connectivity index (χ2n) is 9.42. The quantitative estimate of drug-likeness (QED) is 0.157. The van der Waals surface area contributed by atoms with E-state index in [4.69, 9.17) is 0 Å². The van der Waals surface area contributed by atoms with Crippen molar-refractivity contribution in [1.82, 2.24) is 0 Å². The van der Waals surface area contributed by atoms with Crippen molar-refractivity contribution in [3.05, 3.63) is 66.0 Å². The van der Waals surface area contributed by atoms with Crippen LogP contribution in [0, 0.1) is 0 Å². The zero-order valence-electron chi connectivity index (χ0n) is 20.4. The van der Waals surface area contributed by atoms with Gasteiger partial charge in [-0.2, -0.15) is 0 Å². The number of nitrogens with zero attached hydrogens (tertiary/aromatic N) is 1. The topological polar surface area (TPSA) is 3.88 Å². The van der Waals surface area contributed by atoms with E-state index < -0.39 is 0 Å². The molecule has 1 heterocycles. The smallest absolute Gasteiger partial charge is 0.173 e. The summed E-state index contributed by atoms with van der Waals surface area (Å²) in [5.41, 5.74) is 2.84. The number of unbranched alkanes of at least 4 members (excludes halogenated alkanes) is 15. The maximum absolute atomic E-state index is 2.30. The summed E-state index contributed by atoms with van der Waals surface area (Å²) in [5, 5.41) is 0. The van der Waals surface area contributed by atoms with Gasteiger partial charge in [0.05, 0.1) is 0 Å². The van der Waals surface area contributed by atoms with Crippen LogP contribution < -0.4 is 4.57 Å². The van der Waals surface area contributed by atoms with E-state index in [9.17, 15) is 0 Å². The standard InChI is InChI=1S/C30H48N/c1-2-3-4-5-6-7-8-9-10-11-12-13-14-15-16-18-21-29-24-26-31(27-25-29)28-30-22-19-17-20-23-30/h17,19-20,22-27H,2-16,18,21,28H2,1H3/q+1. The van der Waals surface area contributed by atoms with E-state index in [1.165, 1.54) is 120 Å². The largest absolute Gasteiger partial charge is 0.201 e. The van der Waals surface area contributed by atoms with Crippen molar-refractivity contribution in [3.8, 4) is 0 Å². The molecule has 1 heteroatoms. The molecule has 0 spiro atoms. The molecule has 1 nitrogen and oxygen atoms in total. The third-order valence-corrected chi connectivity index (χ3v) is 6.49. The van der Waals surface area contributed by atoms with E-state index in [1.807, 2.05) is 0 Å². The molecule has 0 N–H and O–H groups in total. The highest BCUT2D eigenvalue weighted by Crippen LogP contribution is 2.14. The van der Waals surface area contributed by atoms with Crippen LogP contribution in [0.15, 0.2) is 54.9 Å². The van der Waals surface area contributed by atoms with Crippen molar-refractivity contribution in [2.24, 2.45) is 0 Å². The van der Waals surface area contributed by atoms with Crippen molar-refractivity contribution in [2.75, 3.05) is 0 Å². The fourth-order valence-corrected chi connectivity index (χ4v) is 4.43. The summed E-state index contributed by atoms with van der Waals surface area (Å²) in [5.74, 6) is 0. The van der Waals surface area contributed by atoms with Crippen molar-refractivity contribution in [1.29, 1.82) is 0 Å². The molecule has 0 saturated carbocycles. The van der Waals surface area contributed by atoms with Gasteiger partial charge in [-0.05, 0) is 18.4 Å². The molecule has 2 aromatic rings. The lowest BCUT2D eigenvalue weighted by Gasteiger charge is -2.04. The van der Waals surface area contributed by atoms with Gasteiger partial charge in [-0.3, -0.25) is 0 Å². The Bertz CT molecular complexity index is 631. The van der Waals surface area contributed by atoms with E-state index in [2.05, 4.69) is 66.3 Å². The Labute approximate surface area is 193 Å². The Morgan fingerprint density at radius 1 is 0.484 bits per heavy atom. The predicted octanol–water partition coefficient (Wildman–Crippen LogP) is 8.83. The highest BCUT2D eigenvalue weighted by molar-refractivity contribution is 5.13. The third-order valence-electron chi connectivity index (χ3n) is 6.49. The van der Waals surface area contributed by atoms with Crippen LogP contribution in [0.5, 0.6) is 0 Å². The van der Waals surface area contributed by atoms with Crippen LogP contribution in [0.2, 0.25) is 0 Å². The number of benzene rings is 1. The molecule has 0 radical (unpaired) electrons. The normalized spacial score (nSPS) is 11.1. The number of hydrogen-bond acceptors (Lipinski definition) is 0. The monoisotopic (exact) mass is 422 g/mol. The Balaban J connectivity index is 1.36. The van der Waals surface area contributed by atoms with E-state index in [0.29, 0.717) is 0 Å². The highest BCUT2D eigenvalue weighted by Gasteiger charge is 2.03. The number of aromatic nitrogens is 1. The lowest BCUT2D eigenvalue weighted by molar-refractivity contribution is -0.688. The maximum Gasteiger partial charge on any atom is 0.173 e. The first kappa shape index (κ1) is 25.6. The van der Waals surface area contributed by atoms with Gasteiger partial charge in [0.15, 0.2) is 18.9 Å². The van der Waals surface area contributed by atoms with Gasteiger partial charge < -0.3 is 0 Å². The van der Waals surface area contributed by atoms with Crippen LogP contribution in [-0.2, 0) is 13.0 Å². The molecule has 0 amide bonds. The minimum absolute atomic E-state index is 0.958. The van der Waals surface area contributed by atoms with Gasteiger partial charge >= 0.3 is 0 Å². The lowest BCUT2D eigenvalue weighted by Crippen LogP contribution is -2.33. The first-order valence-corrected chi connectivity index (χ1v) is 13.4. The molecule has 0 bridgehead atoms. The van der Waals surface area contributed by atoms with Crippen molar-refractivity contribution in [3.63, 3.8) is 0 Å². The molecule has 0 atom stereocenters. The number of pyridine rings is 1. The van der Waals surface area contributed by atoms with E-state index in [1.54, 1.807) is 0 Å². The van der Waals surface area contributed by atoms with Crippen LogP contribution >= 0.6 is 0 Å². The van der Waals surface area contributed by atoms with Crippen LogP contribution in [0.4, 0.5) is 0 Å². The average Bonchev–Trinajstić information content (AvgIpc) is 2.80. The maximum atomic E-state index is 2.30. The molecule has 1 aromatic carbocycles.